The summed E-state index contributed by atoms with van der Waals surface area (Å²) in [7, 11) is 0. The van der Waals surface area contributed by atoms with Gasteiger partial charge in [-0.1, -0.05) is 12.1 Å². The second-order valence-electron chi connectivity index (χ2n) is 4.26. The largest absolute Gasteiger partial charge is 0.491 e. The van der Waals surface area contributed by atoms with Gasteiger partial charge in [-0.15, -0.1) is 0 Å². The average Bonchev–Trinajstić information content (AvgIpc) is 2.38. The zero-order chi connectivity index (χ0) is 14.1. The van der Waals surface area contributed by atoms with E-state index in [4.69, 9.17) is 15.2 Å². The third-order valence-electron chi connectivity index (χ3n) is 2.49. The Kier molecular flexibility index (Phi) is 6.74. The summed E-state index contributed by atoms with van der Waals surface area (Å²) in [5, 5.41) is 2.84. The highest BCUT2D eigenvalue weighted by Crippen LogP contribution is 2.19. The molecule has 19 heavy (non-hydrogen) atoms. The standard InChI is InChI=1S/C14H22N2O3/c1-3-18-10-11(2)16-14(17)8-9-19-13-7-5-4-6-12(13)15/h4-7,11H,3,8-10,15H2,1-2H3,(H,16,17). The molecule has 1 rings (SSSR count). The predicted molar refractivity (Wildman–Crippen MR) is 75.1 cm³/mol. The van der Waals surface area contributed by atoms with Crippen molar-refractivity contribution in [2.24, 2.45) is 0 Å². The summed E-state index contributed by atoms with van der Waals surface area (Å²) >= 11 is 0. The summed E-state index contributed by atoms with van der Waals surface area (Å²) < 4.78 is 10.7. The zero-order valence-corrected chi connectivity index (χ0v) is 11.5. The monoisotopic (exact) mass is 266 g/mol. The van der Waals surface area contributed by atoms with Crippen molar-refractivity contribution in [1.29, 1.82) is 0 Å². The molecule has 0 aliphatic rings. The zero-order valence-electron chi connectivity index (χ0n) is 11.5. The van der Waals surface area contributed by atoms with E-state index in [0.717, 1.165) is 0 Å². The van der Waals surface area contributed by atoms with Crippen LogP contribution in [0.25, 0.3) is 0 Å². The summed E-state index contributed by atoms with van der Waals surface area (Å²) in [6.07, 6.45) is 0.296. The van der Waals surface area contributed by atoms with Gasteiger partial charge in [-0.3, -0.25) is 4.79 Å². The fraction of sp³-hybridized carbons (Fsp3) is 0.500. The van der Waals surface area contributed by atoms with Gasteiger partial charge in [0.1, 0.15) is 5.75 Å². The maximum absolute atomic E-state index is 11.6. The molecule has 1 aromatic rings. The van der Waals surface area contributed by atoms with Gasteiger partial charge in [-0.2, -0.15) is 0 Å². The average molecular weight is 266 g/mol. The lowest BCUT2D eigenvalue weighted by atomic mass is 10.3. The van der Waals surface area contributed by atoms with Gasteiger partial charge in [0.2, 0.25) is 5.91 Å². The maximum atomic E-state index is 11.6. The number of rotatable bonds is 8. The van der Waals surface area contributed by atoms with Crippen LogP contribution < -0.4 is 15.8 Å². The minimum atomic E-state index is -0.0540. The number of amides is 1. The van der Waals surface area contributed by atoms with Crippen LogP contribution in [0.1, 0.15) is 20.3 Å². The van der Waals surface area contributed by atoms with Gasteiger partial charge in [0.25, 0.3) is 0 Å². The number of benzene rings is 1. The lowest BCUT2D eigenvalue weighted by molar-refractivity contribution is -0.122. The molecule has 0 bridgehead atoms. The molecular formula is C14H22N2O3. The normalized spacial score (nSPS) is 11.9. The van der Waals surface area contributed by atoms with Crippen molar-refractivity contribution in [3.05, 3.63) is 24.3 Å². The minimum Gasteiger partial charge on any atom is -0.491 e. The lowest BCUT2D eigenvalue weighted by Gasteiger charge is -2.14. The number of nitrogens with two attached hydrogens (primary N) is 1. The van der Waals surface area contributed by atoms with Crippen LogP contribution in [0.2, 0.25) is 0 Å². The first kappa shape index (κ1) is 15.3. The summed E-state index contributed by atoms with van der Waals surface area (Å²) in [5.74, 6) is 0.555. The number of anilines is 1. The first-order valence-corrected chi connectivity index (χ1v) is 6.48. The predicted octanol–water partition coefficient (Wildman–Crippen LogP) is 1.58. The van der Waals surface area contributed by atoms with E-state index in [2.05, 4.69) is 5.32 Å². The molecule has 5 nitrogen and oxygen atoms in total. The lowest BCUT2D eigenvalue weighted by Crippen LogP contribution is -2.36. The van der Waals surface area contributed by atoms with Gasteiger partial charge in [0.15, 0.2) is 0 Å². The fourth-order valence-corrected chi connectivity index (χ4v) is 1.55. The molecule has 0 saturated heterocycles. The third kappa shape index (κ3) is 6.10. The number of carbonyl (C=O) groups is 1. The van der Waals surface area contributed by atoms with E-state index >= 15 is 0 Å². The molecule has 0 fully saturated rings. The first-order valence-electron chi connectivity index (χ1n) is 6.48. The van der Waals surface area contributed by atoms with Crippen molar-refractivity contribution in [3.8, 4) is 5.75 Å². The fourth-order valence-electron chi connectivity index (χ4n) is 1.55. The molecule has 5 heteroatoms. The van der Waals surface area contributed by atoms with Gasteiger partial charge in [-0.05, 0) is 26.0 Å². The highest BCUT2D eigenvalue weighted by atomic mass is 16.5. The molecule has 3 N–H and O–H groups in total. The third-order valence-corrected chi connectivity index (χ3v) is 2.49. The van der Waals surface area contributed by atoms with E-state index in [1.807, 2.05) is 26.0 Å². The Bertz CT molecular complexity index is 396. The highest BCUT2D eigenvalue weighted by molar-refractivity contribution is 5.76. The number of hydrogen-bond acceptors (Lipinski definition) is 4. The molecule has 0 saturated carbocycles. The summed E-state index contributed by atoms with van der Waals surface area (Å²) in [4.78, 5) is 11.6. The summed E-state index contributed by atoms with van der Waals surface area (Å²) in [6.45, 7) is 5.31. The second-order valence-corrected chi connectivity index (χ2v) is 4.26. The van der Waals surface area contributed by atoms with Crippen molar-refractivity contribution in [2.45, 2.75) is 26.3 Å². The summed E-state index contributed by atoms with van der Waals surface area (Å²) in [5.41, 5.74) is 6.31. The number of nitrogen functional groups attached to an aromatic ring is 1. The molecule has 0 aliphatic carbocycles. The Morgan fingerprint density at radius 2 is 2.16 bits per heavy atom. The van der Waals surface area contributed by atoms with Crippen LogP contribution in [0.5, 0.6) is 5.75 Å². The minimum absolute atomic E-state index is 0.00856. The van der Waals surface area contributed by atoms with Gasteiger partial charge in [-0.25, -0.2) is 0 Å². The molecule has 0 aromatic heterocycles. The van der Waals surface area contributed by atoms with Crippen molar-refractivity contribution in [2.75, 3.05) is 25.6 Å². The van der Waals surface area contributed by atoms with Crippen molar-refractivity contribution in [3.63, 3.8) is 0 Å². The van der Waals surface area contributed by atoms with E-state index in [9.17, 15) is 4.79 Å². The quantitative estimate of drug-likeness (QED) is 0.701. The Morgan fingerprint density at radius 1 is 1.42 bits per heavy atom. The number of ether oxygens (including phenoxy) is 2. The van der Waals surface area contributed by atoms with Crippen LogP contribution in [0.4, 0.5) is 5.69 Å². The molecule has 1 atom stereocenters. The SMILES string of the molecule is CCOCC(C)NC(=O)CCOc1ccccc1N. The van der Waals surface area contributed by atoms with Gasteiger partial charge < -0.3 is 20.5 Å². The van der Waals surface area contributed by atoms with Crippen LogP contribution in [0.15, 0.2) is 24.3 Å². The number of hydrogen-bond donors (Lipinski definition) is 2. The van der Waals surface area contributed by atoms with Crippen LogP contribution in [-0.4, -0.2) is 31.8 Å². The topological polar surface area (TPSA) is 73.6 Å². The second kappa shape index (κ2) is 8.37. The van der Waals surface area contributed by atoms with Crippen LogP contribution in [0, 0.1) is 0 Å². The van der Waals surface area contributed by atoms with E-state index in [1.54, 1.807) is 12.1 Å². The number of carbonyl (C=O) groups excluding carboxylic acids is 1. The number of nitrogens with one attached hydrogen (secondary N) is 1. The van der Waals surface area contributed by atoms with Crippen LogP contribution >= 0.6 is 0 Å². The maximum Gasteiger partial charge on any atom is 0.223 e. The van der Waals surface area contributed by atoms with Crippen LogP contribution in [0.3, 0.4) is 0 Å². The Hall–Kier alpha value is -1.75. The smallest absolute Gasteiger partial charge is 0.223 e. The molecule has 1 amide bonds. The molecule has 0 heterocycles. The van der Waals surface area contributed by atoms with E-state index < -0.39 is 0 Å². The van der Waals surface area contributed by atoms with Crippen LogP contribution in [-0.2, 0) is 9.53 Å². The Labute approximate surface area is 114 Å². The Balaban J connectivity index is 2.22. The molecule has 0 aliphatic heterocycles. The number of para-hydroxylation sites is 2. The van der Waals surface area contributed by atoms with Crippen molar-refractivity contribution in [1.82, 2.24) is 5.32 Å². The van der Waals surface area contributed by atoms with E-state index in [1.165, 1.54) is 0 Å². The molecule has 0 radical (unpaired) electrons. The molecule has 1 aromatic carbocycles. The highest BCUT2D eigenvalue weighted by Gasteiger charge is 2.07. The first-order chi connectivity index (χ1) is 9.13. The van der Waals surface area contributed by atoms with E-state index in [-0.39, 0.29) is 11.9 Å². The van der Waals surface area contributed by atoms with Gasteiger partial charge in [0.05, 0.1) is 25.3 Å². The Morgan fingerprint density at radius 3 is 2.84 bits per heavy atom. The van der Waals surface area contributed by atoms with Gasteiger partial charge >= 0.3 is 0 Å². The molecule has 106 valence electrons. The van der Waals surface area contributed by atoms with Gasteiger partial charge in [0, 0.05) is 12.6 Å². The van der Waals surface area contributed by atoms with Crippen molar-refractivity contribution >= 4 is 11.6 Å². The molecule has 0 spiro atoms. The van der Waals surface area contributed by atoms with Crippen molar-refractivity contribution < 1.29 is 14.3 Å². The molecule has 1 unspecified atom stereocenters. The summed E-state index contributed by atoms with van der Waals surface area (Å²) in [6, 6.07) is 7.24. The molecular weight excluding hydrogens is 244 g/mol. The van der Waals surface area contributed by atoms with E-state index in [0.29, 0.717) is 37.7 Å².